The second-order valence-corrected chi connectivity index (χ2v) is 4.08. The molecule has 2 N–H and O–H groups in total. The highest BCUT2D eigenvalue weighted by molar-refractivity contribution is 6.02. The largest absolute Gasteiger partial charge is 0.494 e. The maximum absolute atomic E-state index is 12.4. The van der Waals surface area contributed by atoms with Crippen LogP contribution in [0.2, 0.25) is 0 Å². The summed E-state index contributed by atoms with van der Waals surface area (Å²) in [6, 6.07) is 7.11. The minimum atomic E-state index is -4.56. The van der Waals surface area contributed by atoms with Crippen molar-refractivity contribution in [2.24, 2.45) is 0 Å². The number of halogens is 3. The third-order valence-electron chi connectivity index (χ3n) is 2.54. The van der Waals surface area contributed by atoms with Crippen LogP contribution in [-0.4, -0.2) is 22.7 Å². The number of rotatable bonds is 4. The quantitative estimate of drug-likeness (QED) is 0.911. The summed E-state index contributed by atoms with van der Waals surface area (Å²) in [4.78, 5) is 11.8. The number of aromatic nitrogens is 2. The molecule has 2 rings (SSSR count). The van der Waals surface area contributed by atoms with Crippen LogP contribution in [0, 0.1) is 0 Å². The Labute approximate surface area is 118 Å². The minimum Gasteiger partial charge on any atom is -0.494 e. The SMILES string of the molecule is CCOc1ccc(NC(=O)c2cc(C(F)(F)F)[nH]n2)cc1. The standard InChI is InChI=1S/C13H12F3N3O2/c1-2-21-9-5-3-8(4-6-9)17-12(20)10-7-11(19-18-10)13(14,15)16/h3-7H,2H2,1H3,(H,17,20)(H,18,19). The Morgan fingerprint density at radius 2 is 2.00 bits per heavy atom. The normalized spacial score (nSPS) is 11.2. The summed E-state index contributed by atoms with van der Waals surface area (Å²) in [5, 5.41) is 7.57. The van der Waals surface area contributed by atoms with Crippen molar-refractivity contribution in [1.82, 2.24) is 10.2 Å². The van der Waals surface area contributed by atoms with Crippen LogP contribution in [0.3, 0.4) is 0 Å². The van der Waals surface area contributed by atoms with Gasteiger partial charge in [-0.25, -0.2) is 0 Å². The van der Waals surface area contributed by atoms with Gasteiger partial charge in [-0.3, -0.25) is 9.89 Å². The summed E-state index contributed by atoms with van der Waals surface area (Å²) in [5.41, 5.74) is -0.976. The molecular weight excluding hydrogens is 287 g/mol. The van der Waals surface area contributed by atoms with Crippen LogP contribution in [0.25, 0.3) is 0 Å². The molecule has 1 amide bonds. The number of ether oxygens (including phenoxy) is 1. The summed E-state index contributed by atoms with van der Waals surface area (Å²) in [7, 11) is 0. The van der Waals surface area contributed by atoms with Gasteiger partial charge in [0.1, 0.15) is 11.4 Å². The van der Waals surface area contributed by atoms with Gasteiger partial charge in [0.05, 0.1) is 6.61 Å². The molecule has 0 saturated heterocycles. The summed E-state index contributed by atoms with van der Waals surface area (Å²) < 4.78 is 42.4. The first-order chi connectivity index (χ1) is 9.90. The van der Waals surface area contributed by atoms with Crippen LogP contribution in [0.5, 0.6) is 5.75 Å². The fourth-order valence-corrected chi connectivity index (χ4v) is 1.58. The Kier molecular flexibility index (Phi) is 4.15. The molecule has 0 unspecified atom stereocenters. The first kappa shape index (κ1) is 14.9. The molecule has 0 aliphatic carbocycles. The van der Waals surface area contributed by atoms with Gasteiger partial charge >= 0.3 is 6.18 Å². The van der Waals surface area contributed by atoms with E-state index in [1.807, 2.05) is 6.92 Å². The number of benzene rings is 1. The van der Waals surface area contributed by atoms with Crippen molar-refractivity contribution in [2.75, 3.05) is 11.9 Å². The van der Waals surface area contributed by atoms with Crippen molar-refractivity contribution >= 4 is 11.6 Å². The number of carbonyl (C=O) groups is 1. The van der Waals surface area contributed by atoms with E-state index < -0.39 is 17.8 Å². The molecule has 1 aromatic heterocycles. The summed E-state index contributed by atoms with van der Waals surface area (Å²) in [6.45, 7) is 2.35. The molecule has 0 aliphatic rings. The molecular formula is C13H12F3N3O2. The topological polar surface area (TPSA) is 67.0 Å². The first-order valence-electron chi connectivity index (χ1n) is 6.07. The highest BCUT2D eigenvalue weighted by Crippen LogP contribution is 2.27. The number of nitrogens with one attached hydrogen (secondary N) is 2. The second-order valence-electron chi connectivity index (χ2n) is 4.08. The van der Waals surface area contributed by atoms with Crippen molar-refractivity contribution in [1.29, 1.82) is 0 Å². The zero-order valence-corrected chi connectivity index (χ0v) is 11.0. The number of alkyl halides is 3. The lowest BCUT2D eigenvalue weighted by atomic mass is 10.3. The van der Waals surface area contributed by atoms with E-state index in [-0.39, 0.29) is 5.69 Å². The molecule has 0 fully saturated rings. The van der Waals surface area contributed by atoms with Gasteiger partial charge in [0, 0.05) is 11.8 Å². The summed E-state index contributed by atoms with van der Waals surface area (Å²) in [6.07, 6.45) is -4.56. The van der Waals surface area contributed by atoms with Gasteiger partial charge < -0.3 is 10.1 Å². The van der Waals surface area contributed by atoms with E-state index in [0.717, 1.165) is 0 Å². The molecule has 0 radical (unpaired) electrons. The van der Waals surface area contributed by atoms with Crippen LogP contribution >= 0.6 is 0 Å². The number of hydrogen-bond acceptors (Lipinski definition) is 3. The van der Waals surface area contributed by atoms with Gasteiger partial charge in [-0.15, -0.1) is 0 Å². The van der Waals surface area contributed by atoms with E-state index in [0.29, 0.717) is 24.1 Å². The maximum Gasteiger partial charge on any atom is 0.432 e. The van der Waals surface area contributed by atoms with Crippen LogP contribution in [-0.2, 0) is 6.18 Å². The second kappa shape index (κ2) is 5.86. The molecule has 0 atom stereocenters. The van der Waals surface area contributed by atoms with E-state index in [1.54, 1.807) is 29.4 Å². The number of carbonyl (C=O) groups excluding carboxylic acids is 1. The average Bonchev–Trinajstić information content (AvgIpc) is 2.91. The highest BCUT2D eigenvalue weighted by atomic mass is 19.4. The molecule has 112 valence electrons. The lowest BCUT2D eigenvalue weighted by Gasteiger charge is -2.05. The van der Waals surface area contributed by atoms with Crippen molar-refractivity contribution in [3.63, 3.8) is 0 Å². The molecule has 5 nitrogen and oxygen atoms in total. The van der Waals surface area contributed by atoms with Gasteiger partial charge in [-0.2, -0.15) is 18.3 Å². The first-order valence-corrected chi connectivity index (χ1v) is 6.07. The van der Waals surface area contributed by atoms with Gasteiger partial charge in [0.25, 0.3) is 5.91 Å². The number of nitrogens with zero attached hydrogens (tertiary/aromatic N) is 1. The lowest BCUT2D eigenvalue weighted by molar-refractivity contribution is -0.141. The van der Waals surface area contributed by atoms with E-state index >= 15 is 0 Å². The van der Waals surface area contributed by atoms with Crippen molar-refractivity contribution in [2.45, 2.75) is 13.1 Å². The Morgan fingerprint density at radius 3 is 2.52 bits per heavy atom. The molecule has 0 spiro atoms. The van der Waals surface area contributed by atoms with Gasteiger partial charge in [0.2, 0.25) is 0 Å². The van der Waals surface area contributed by atoms with E-state index in [9.17, 15) is 18.0 Å². The van der Waals surface area contributed by atoms with Crippen molar-refractivity contribution in [3.8, 4) is 5.75 Å². The number of hydrogen-bond donors (Lipinski definition) is 2. The Morgan fingerprint density at radius 1 is 1.33 bits per heavy atom. The minimum absolute atomic E-state index is 0.337. The maximum atomic E-state index is 12.4. The number of amides is 1. The number of H-pyrrole nitrogens is 1. The third kappa shape index (κ3) is 3.74. The monoisotopic (exact) mass is 299 g/mol. The van der Waals surface area contributed by atoms with Gasteiger partial charge in [-0.05, 0) is 31.2 Å². The number of aromatic amines is 1. The lowest BCUT2D eigenvalue weighted by Crippen LogP contribution is -2.12. The highest BCUT2D eigenvalue weighted by Gasteiger charge is 2.33. The molecule has 0 saturated carbocycles. The van der Waals surface area contributed by atoms with Gasteiger partial charge in [0.15, 0.2) is 5.69 Å². The summed E-state index contributed by atoms with van der Waals surface area (Å²) >= 11 is 0. The molecule has 8 heteroatoms. The fraction of sp³-hybridized carbons (Fsp3) is 0.231. The fourth-order valence-electron chi connectivity index (χ4n) is 1.58. The predicted molar refractivity (Wildman–Crippen MR) is 69.2 cm³/mol. The average molecular weight is 299 g/mol. The molecule has 2 aromatic rings. The Balaban J connectivity index is 2.05. The predicted octanol–water partition coefficient (Wildman–Crippen LogP) is 3.08. The number of anilines is 1. The van der Waals surface area contributed by atoms with Crippen molar-refractivity contribution in [3.05, 3.63) is 41.7 Å². The molecule has 0 aliphatic heterocycles. The van der Waals surface area contributed by atoms with Crippen LogP contribution in [0.1, 0.15) is 23.1 Å². The molecule has 0 bridgehead atoms. The smallest absolute Gasteiger partial charge is 0.432 e. The Hall–Kier alpha value is -2.51. The third-order valence-corrected chi connectivity index (χ3v) is 2.54. The summed E-state index contributed by atoms with van der Waals surface area (Å²) in [5.74, 6) is -0.0967. The van der Waals surface area contributed by atoms with Crippen molar-refractivity contribution < 1.29 is 22.7 Å². The van der Waals surface area contributed by atoms with Gasteiger partial charge in [-0.1, -0.05) is 0 Å². The van der Waals surface area contributed by atoms with Crippen LogP contribution in [0.4, 0.5) is 18.9 Å². The van der Waals surface area contributed by atoms with Crippen LogP contribution < -0.4 is 10.1 Å². The van der Waals surface area contributed by atoms with E-state index in [2.05, 4.69) is 10.4 Å². The molecule has 1 aromatic carbocycles. The van der Waals surface area contributed by atoms with E-state index in [1.165, 1.54) is 0 Å². The van der Waals surface area contributed by atoms with E-state index in [4.69, 9.17) is 4.74 Å². The zero-order valence-electron chi connectivity index (χ0n) is 11.0. The Bertz CT molecular complexity index is 620. The molecule has 1 heterocycles. The zero-order chi connectivity index (χ0) is 15.5. The van der Waals surface area contributed by atoms with Crippen LogP contribution in [0.15, 0.2) is 30.3 Å². The molecule has 21 heavy (non-hydrogen) atoms.